The minimum absolute atomic E-state index is 0.0516. The van der Waals surface area contributed by atoms with Crippen LogP contribution in [0.25, 0.3) is 10.9 Å². The van der Waals surface area contributed by atoms with Crippen LogP contribution < -0.4 is 16.0 Å². The lowest BCUT2D eigenvalue weighted by atomic mass is 9.95. The zero-order valence-electron chi connectivity index (χ0n) is 15.2. The average Bonchev–Trinajstić information content (AvgIpc) is 3.04. The highest BCUT2D eigenvalue weighted by Crippen LogP contribution is 2.30. The van der Waals surface area contributed by atoms with Crippen molar-refractivity contribution >= 4 is 28.4 Å². The number of benzene rings is 1. The molecule has 0 radical (unpaired) electrons. The van der Waals surface area contributed by atoms with E-state index in [2.05, 4.69) is 16.0 Å². The van der Waals surface area contributed by atoms with Crippen LogP contribution >= 0.6 is 0 Å². The Bertz CT molecular complexity index is 836. The van der Waals surface area contributed by atoms with E-state index in [-0.39, 0.29) is 17.9 Å². The topological polar surface area (TPSA) is 75.2 Å². The van der Waals surface area contributed by atoms with E-state index >= 15 is 0 Å². The van der Waals surface area contributed by atoms with Crippen molar-refractivity contribution < 1.29 is 9.59 Å². The van der Waals surface area contributed by atoms with Gasteiger partial charge in [-0.3, -0.25) is 9.59 Å². The summed E-state index contributed by atoms with van der Waals surface area (Å²) in [6.45, 7) is 0.488. The van der Waals surface area contributed by atoms with Crippen LogP contribution in [0.5, 0.6) is 0 Å². The quantitative estimate of drug-likeness (QED) is 0.790. The number of hydrogen-bond donors (Lipinski definition) is 3. The number of rotatable bonds is 4. The molecule has 6 nitrogen and oxygen atoms in total. The summed E-state index contributed by atoms with van der Waals surface area (Å²) in [7, 11) is 1.88. The Balaban J connectivity index is 1.58. The van der Waals surface area contributed by atoms with Gasteiger partial charge in [0, 0.05) is 42.6 Å². The number of aromatic nitrogens is 1. The highest BCUT2D eigenvalue weighted by atomic mass is 16.2. The van der Waals surface area contributed by atoms with E-state index in [1.165, 1.54) is 19.3 Å². The summed E-state index contributed by atoms with van der Waals surface area (Å²) in [5.74, 6) is 0.00819. The molecule has 1 unspecified atom stereocenters. The van der Waals surface area contributed by atoms with E-state index in [1.54, 1.807) is 0 Å². The van der Waals surface area contributed by atoms with Crippen molar-refractivity contribution in [2.24, 2.45) is 0 Å². The molecule has 0 spiro atoms. The van der Waals surface area contributed by atoms with Crippen molar-refractivity contribution in [2.45, 2.75) is 50.6 Å². The maximum atomic E-state index is 12.6. The van der Waals surface area contributed by atoms with E-state index in [4.69, 9.17) is 0 Å². The van der Waals surface area contributed by atoms with E-state index in [9.17, 15) is 9.59 Å². The van der Waals surface area contributed by atoms with E-state index < -0.39 is 0 Å². The van der Waals surface area contributed by atoms with Gasteiger partial charge in [-0.1, -0.05) is 19.3 Å². The van der Waals surface area contributed by atoms with Gasteiger partial charge in [0.15, 0.2) is 0 Å². The Morgan fingerprint density at radius 2 is 2.04 bits per heavy atom. The molecule has 0 saturated heterocycles. The Morgan fingerprint density at radius 1 is 1.23 bits per heavy atom. The fourth-order valence-corrected chi connectivity index (χ4v) is 4.26. The number of hydrogen-bond acceptors (Lipinski definition) is 3. The van der Waals surface area contributed by atoms with Crippen LogP contribution in [0.4, 0.5) is 5.69 Å². The summed E-state index contributed by atoms with van der Waals surface area (Å²) in [4.78, 5) is 24.9. The minimum atomic E-state index is -0.0730. The number of anilines is 1. The second kappa shape index (κ2) is 7.02. The number of nitrogens with one attached hydrogen (secondary N) is 3. The van der Waals surface area contributed by atoms with Crippen molar-refractivity contribution in [2.75, 3.05) is 18.9 Å². The van der Waals surface area contributed by atoms with Gasteiger partial charge in [0.1, 0.15) is 5.69 Å². The molecule has 3 N–H and O–H groups in total. The van der Waals surface area contributed by atoms with Gasteiger partial charge in [0.2, 0.25) is 5.91 Å². The van der Waals surface area contributed by atoms with E-state index in [0.717, 1.165) is 29.4 Å². The van der Waals surface area contributed by atoms with Crippen LogP contribution in [0.1, 0.15) is 55.1 Å². The van der Waals surface area contributed by atoms with Crippen LogP contribution in [0.3, 0.4) is 0 Å². The highest BCUT2D eigenvalue weighted by Gasteiger charge is 2.29. The lowest BCUT2D eigenvalue weighted by Crippen LogP contribution is -2.42. The summed E-state index contributed by atoms with van der Waals surface area (Å²) in [5, 5.41) is 10.3. The molecule has 1 aromatic heterocycles. The minimum Gasteiger partial charge on any atom is -0.388 e. The zero-order chi connectivity index (χ0) is 18.1. The maximum absolute atomic E-state index is 12.6. The molecular formula is C20H26N4O2. The molecule has 1 atom stereocenters. The molecule has 2 aliphatic rings. The van der Waals surface area contributed by atoms with Gasteiger partial charge in [-0.2, -0.15) is 0 Å². The predicted molar refractivity (Wildman–Crippen MR) is 102 cm³/mol. The molecule has 1 aliphatic heterocycles. The normalized spacial score (nSPS) is 20.5. The van der Waals surface area contributed by atoms with Crippen LogP contribution in [-0.4, -0.2) is 36.0 Å². The molecule has 0 bridgehead atoms. The molecule has 2 amide bonds. The molecule has 138 valence electrons. The lowest BCUT2D eigenvalue weighted by Gasteiger charge is -2.28. The second-order valence-electron chi connectivity index (χ2n) is 7.39. The molecule has 1 aliphatic carbocycles. The van der Waals surface area contributed by atoms with Crippen LogP contribution in [0.15, 0.2) is 24.3 Å². The summed E-state index contributed by atoms with van der Waals surface area (Å²) < 4.78 is 2.04. The van der Waals surface area contributed by atoms with Crippen molar-refractivity contribution in [1.82, 2.24) is 15.2 Å². The number of fused-ring (bicyclic) bond motifs is 3. The average molecular weight is 354 g/mol. The second-order valence-corrected chi connectivity index (χ2v) is 7.39. The Hall–Kier alpha value is -2.50. The van der Waals surface area contributed by atoms with E-state index in [0.29, 0.717) is 24.7 Å². The largest absolute Gasteiger partial charge is 0.388 e. The molecule has 1 aromatic carbocycles. The number of carbonyl (C=O) groups is 2. The fraction of sp³-hybridized carbons (Fsp3) is 0.500. The Labute approximate surface area is 153 Å². The first-order valence-corrected chi connectivity index (χ1v) is 9.56. The third kappa shape index (κ3) is 3.16. The highest BCUT2D eigenvalue weighted by molar-refractivity contribution is 6.00. The molecule has 4 rings (SSSR count). The first kappa shape index (κ1) is 16.9. The third-order valence-electron chi connectivity index (χ3n) is 5.61. The Morgan fingerprint density at radius 3 is 2.81 bits per heavy atom. The molecule has 1 fully saturated rings. The molecule has 26 heavy (non-hydrogen) atoms. The summed E-state index contributed by atoms with van der Waals surface area (Å²) in [5.41, 5.74) is 2.65. The van der Waals surface area contributed by atoms with Crippen molar-refractivity contribution in [3.63, 3.8) is 0 Å². The van der Waals surface area contributed by atoms with Gasteiger partial charge in [0.25, 0.3) is 5.91 Å². The van der Waals surface area contributed by atoms with Crippen LogP contribution in [0.2, 0.25) is 0 Å². The van der Waals surface area contributed by atoms with Gasteiger partial charge in [0.05, 0.1) is 6.04 Å². The van der Waals surface area contributed by atoms with E-state index in [1.807, 2.05) is 35.9 Å². The summed E-state index contributed by atoms with van der Waals surface area (Å²) in [6, 6.07) is 8.23. The van der Waals surface area contributed by atoms with Crippen LogP contribution in [0, 0.1) is 0 Å². The predicted octanol–water partition coefficient (Wildman–Crippen LogP) is 2.81. The molecule has 2 heterocycles. The molecular weight excluding hydrogens is 328 g/mol. The standard InChI is InChI=1S/C20H26N4O2/c1-21-15-7-8-17-13(9-15)10-18-20(26)22-12-16(24(17)18)11-19(25)23-14-5-3-2-4-6-14/h7-10,14,16,21H,2-6,11-12H2,1H3,(H,22,26)(H,23,25). The zero-order valence-corrected chi connectivity index (χ0v) is 15.2. The van der Waals surface area contributed by atoms with Crippen molar-refractivity contribution in [1.29, 1.82) is 0 Å². The number of amides is 2. The number of carbonyl (C=O) groups excluding carboxylic acids is 2. The van der Waals surface area contributed by atoms with Gasteiger partial charge >= 0.3 is 0 Å². The van der Waals surface area contributed by atoms with Gasteiger partial charge < -0.3 is 20.5 Å². The van der Waals surface area contributed by atoms with Gasteiger partial charge in [-0.05, 0) is 37.1 Å². The summed E-state index contributed by atoms with van der Waals surface area (Å²) in [6.07, 6.45) is 6.22. The smallest absolute Gasteiger partial charge is 0.268 e. The van der Waals surface area contributed by atoms with Gasteiger partial charge in [-0.25, -0.2) is 0 Å². The van der Waals surface area contributed by atoms with Gasteiger partial charge in [-0.15, -0.1) is 0 Å². The first-order chi connectivity index (χ1) is 12.7. The Kier molecular flexibility index (Phi) is 4.57. The maximum Gasteiger partial charge on any atom is 0.268 e. The lowest BCUT2D eigenvalue weighted by molar-refractivity contribution is -0.122. The first-order valence-electron chi connectivity index (χ1n) is 9.56. The molecule has 1 saturated carbocycles. The SMILES string of the molecule is CNc1ccc2c(c1)cc1n2C(CC(=O)NC2CCCCC2)CNC1=O. The third-order valence-corrected chi connectivity index (χ3v) is 5.61. The number of nitrogens with zero attached hydrogens (tertiary/aromatic N) is 1. The monoisotopic (exact) mass is 354 g/mol. The molecule has 2 aromatic rings. The molecule has 6 heteroatoms. The fourth-order valence-electron chi connectivity index (χ4n) is 4.26. The summed E-state index contributed by atoms with van der Waals surface area (Å²) >= 11 is 0. The van der Waals surface area contributed by atoms with Crippen molar-refractivity contribution in [3.8, 4) is 0 Å². The van der Waals surface area contributed by atoms with Crippen LogP contribution in [-0.2, 0) is 4.79 Å². The van der Waals surface area contributed by atoms with Crippen molar-refractivity contribution in [3.05, 3.63) is 30.0 Å².